The highest BCUT2D eigenvalue weighted by molar-refractivity contribution is 7.84. The van der Waals surface area contributed by atoms with Crippen molar-refractivity contribution in [2.75, 3.05) is 19.5 Å². The van der Waals surface area contributed by atoms with Crippen LogP contribution in [0.25, 0.3) is 11.4 Å². The molecule has 0 bridgehead atoms. The predicted octanol–water partition coefficient (Wildman–Crippen LogP) is 0.986. The van der Waals surface area contributed by atoms with Crippen LogP contribution in [0.5, 0.6) is 5.75 Å². The van der Waals surface area contributed by atoms with Crippen LogP contribution in [0.1, 0.15) is 5.89 Å². The summed E-state index contributed by atoms with van der Waals surface area (Å²) in [6.45, 7) is -0.119. The highest BCUT2D eigenvalue weighted by Gasteiger charge is 2.11. The molecule has 1 unspecified atom stereocenters. The molecule has 6 nitrogen and oxygen atoms in total. The van der Waals surface area contributed by atoms with Crippen molar-refractivity contribution in [1.29, 1.82) is 0 Å². The van der Waals surface area contributed by atoms with E-state index in [9.17, 15) is 4.21 Å². The Morgan fingerprint density at radius 2 is 2.11 bits per heavy atom. The largest absolute Gasteiger partial charge is 0.497 e. The van der Waals surface area contributed by atoms with Gasteiger partial charge in [0.2, 0.25) is 11.7 Å². The number of hydrogen-bond donors (Lipinski definition) is 1. The molecule has 1 N–H and O–H groups in total. The Labute approximate surface area is 112 Å². The number of ether oxygens (including phenoxy) is 1. The fourth-order valence-electron chi connectivity index (χ4n) is 1.48. The summed E-state index contributed by atoms with van der Waals surface area (Å²) >= 11 is 0. The second-order valence-corrected chi connectivity index (χ2v) is 5.33. The molecule has 0 saturated carbocycles. The number of methoxy groups -OCH3 is 1. The van der Waals surface area contributed by atoms with Crippen LogP contribution in [0.15, 0.2) is 28.8 Å². The molecule has 0 aliphatic rings. The summed E-state index contributed by atoms with van der Waals surface area (Å²) in [6, 6.07) is 7.24. The molecular formula is C12H14N2O4S. The molecule has 0 fully saturated rings. The van der Waals surface area contributed by atoms with E-state index in [1.54, 1.807) is 19.2 Å². The molecule has 1 heterocycles. The molecule has 7 heteroatoms. The van der Waals surface area contributed by atoms with Crippen molar-refractivity contribution >= 4 is 10.8 Å². The smallest absolute Gasteiger partial charge is 0.239 e. The molecule has 2 rings (SSSR count). The molecule has 0 aliphatic heterocycles. The quantitative estimate of drug-likeness (QED) is 0.850. The average molecular weight is 282 g/mol. The van der Waals surface area contributed by atoms with E-state index in [1.165, 1.54) is 0 Å². The minimum Gasteiger partial charge on any atom is -0.497 e. The number of aromatic nitrogens is 2. The first-order chi connectivity index (χ1) is 9.22. The summed E-state index contributed by atoms with van der Waals surface area (Å²) in [5, 5.41) is 12.5. The number of nitrogens with zero attached hydrogens (tertiary/aromatic N) is 2. The number of aliphatic hydroxyl groups is 1. The van der Waals surface area contributed by atoms with Gasteiger partial charge in [-0.15, -0.1) is 0 Å². The monoisotopic (exact) mass is 282 g/mol. The van der Waals surface area contributed by atoms with Crippen molar-refractivity contribution < 1.29 is 18.6 Å². The lowest BCUT2D eigenvalue weighted by Gasteiger charge is -1.98. The van der Waals surface area contributed by atoms with Crippen molar-refractivity contribution in [3.8, 4) is 17.1 Å². The van der Waals surface area contributed by atoms with E-state index in [4.69, 9.17) is 14.4 Å². The zero-order chi connectivity index (χ0) is 13.7. The Kier molecular flexibility index (Phi) is 4.64. The summed E-state index contributed by atoms with van der Waals surface area (Å²) in [7, 11) is 0.410. The Morgan fingerprint density at radius 1 is 1.37 bits per heavy atom. The fraction of sp³-hybridized carbons (Fsp3) is 0.333. The second kappa shape index (κ2) is 6.44. The normalized spacial score (nSPS) is 12.3. The summed E-state index contributed by atoms with van der Waals surface area (Å²) < 4.78 is 21.5. The lowest BCUT2D eigenvalue weighted by atomic mass is 10.2. The minimum atomic E-state index is -1.19. The van der Waals surface area contributed by atoms with Crippen LogP contribution in [0.3, 0.4) is 0 Å². The van der Waals surface area contributed by atoms with Gasteiger partial charge in [-0.2, -0.15) is 4.98 Å². The van der Waals surface area contributed by atoms with Crippen molar-refractivity contribution in [1.82, 2.24) is 10.1 Å². The summed E-state index contributed by atoms with van der Waals surface area (Å²) in [5.41, 5.74) is 0.795. The Balaban J connectivity index is 2.09. The van der Waals surface area contributed by atoms with Crippen LogP contribution in [0.4, 0.5) is 0 Å². The van der Waals surface area contributed by atoms with E-state index >= 15 is 0 Å². The minimum absolute atomic E-state index is 0.119. The molecule has 102 valence electrons. The molecule has 0 spiro atoms. The van der Waals surface area contributed by atoms with Crippen molar-refractivity contribution in [2.45, 2.75) is 5.75 Å². The number of benzene rings is 1. The van der Waals surface area contributed by atoms with E-state index in [-0.39, 0.29) is 18.1 Å². The van der Waals surface area contributed by atoms with E-state index in [0.717, 1.165) is 11.3 Å². The Hall–Kier alpha value is -1.73. The van der Waals surface area contributed by atoms with Gasteiger partial charge in [0, 0.05) is 22.1 Å². The number of hydrogen-bond acceptors (Lipinski definition) is 6. The molecule has 1 atom stereocenters. The van der Waals surface area contributed by atoms with Crippen LogP contribution in [-0.2, 0) is 16.6 Å². The number of aliphatic hydroxyl groups excluding tert-OH is 1. The second-order valence-electron chi connectivity index (χ2n) is 3.75. The predicted molar refractivity (Wildman–Crippen MR) is 70.1 cm³/mol. The zero-order valence-electron chi connectivity index (χ0n) is 10.4. The highest BCUT2D eigenvalue weighted by Crippen LogP contribution is 2.19. The maximum absolute atomic E-state index is 11.4. The van der Waals surface area contributed by atoms with E-state index in [2.05, 4.69) is 10.1 Å². The van der Waals surface area contributed by atoms with Gasteiger partial charge in [-0.3, -0.25) is 4.21 Å². The molecule has 2 aromatic rings. The Bertz CT molecular complexity index is 553. The van der Waals surface area contributed by atoms with Crippen molar-refractivity contribution in [3.63, 3.8) is 0 Å². The molecule has 1 aromatic carbocycles. The summed E-state index contributed by atoms with van der Waals surface area (Å²) in [6.07, 6.45) is 0. The molecule has 1 aromatic heterocycles. The van der Waals surface area contributed by atoms with Gasteiger partial charge in [0.25, 0.3) is 0 Å². The van der Waals surface area contributed by atoms with Gasteiger partial charge in [-0.05, 0) is 24.3 Å². The molecule has 0 amide bonds. The maximum atomic E-state index is 11.4. The van der Waals surface area contributed by atoms with Crippen LogP contribution in [0.2, 0.25) is 0 Å². The fourth-order valence-corrected chi connectivity index (χ4v) is 2.22. The van der Waals surface area contributed by atoms with E-state index < -0.39 is 10.8 Å². The van der Waals surface area contributed by atoms with Gasteiger partial charge in [-0.25, -0.2) is 0 Å². The molecular weight excluding hydrogens is 268 g/mol. The topological polar surface area (TPSA) is 85.5 Å². The van der Waals surface area contributed by atoms with Crippen LogP contribution >= 0.6 is 0 Å². The lowest BCUT2D eigenvalue weighted by molar-refractivity contribution is 0.321. The lowest BCUT2D eigenvalue weighted by Crippen LogP contribution is -2.04. The van der Waals surface area contributed by atoms with Gasteiger partial charge in [-0.1, -0.05) is 5.16 Å². The first-order valence-corrected chi connectivity index (χ1v) is 7.14. The molecule has 19 heavy (non-hydrogen) atoms. The molecule has 0 radical (unpaired) electrons. The van der Waals surface area contributed by atoms with Crippen LogP contribution in [0, 0.1) is 0 Å². The van der Waals surface area contributed by atoms with Gasteiger partial charge >= 0.3 is 0 Å². The average Bonchev–Trinajstić information content (AvgIpc) is 2.87. The standard InChI is InChI=1S/C12H14N2O4S/c1-17-10-4-2-9(3-5-10)12-13-11(18-14-12)8-19(16)7-6-15/h2-5,15H,6-8H2,1H3. The van der Waals surface area contributed by atoms with E-state index in [0.29, 0.717) is 11.7 Å². The third-order valence-corrected chi connectivity index (χ3v) is 3.63. The maximum Gasteiger partial charge on any atom is 0.239 e. The van der Waals surface area contributed by atoms with Crippen LogP contribution < -0.4 is 4.74 Å². The number of rotatable bonds is 6. The Morgan fingerprint density at radius 3 is 2.74 bits per heavy atom. The SMILES string of the molecule is COc1ccc(-c2noc(CS(=O)CCO)n2)cc1. The van der Waals surface area contributed by atoms with Crippen molar-refractivity contribution in [2.24, 2.45) is 0 Å². The van der Waals surface area contributed by atoms with Gasteiger partial charge < -0.3 is 14.4 Å². The van der Waals surface area contributed by atoms with Gasteiger partial charge in [0.15, 0.2) is 0 Å². The first-order valence-electron chi connectivity index (χ1n) is 5.66. The van der Waals surface area contributed by atoms with Gasteiger partial charge in [0.05, 0.1) is 13.7 Å². The van der Waals surface area contributed by atoms with Crippen LogP contribution in [-0.4, -0.2) is 38.9 Å². The highest BCUT2D eigenvalue weighted by atomic mass is 32.2. The summed E-state index contributed by atoms with van der Waals surface area (Å²) in [5.74, 6) is 1.86. The van der Waals surface area contributed by atoms with Crippen molar-refractivity contribution in [3.05, 3.63) is 30.2 Å². The molecule has 0 saturated heterocycles. The third-order valence-electron chi connectivity index (χ3n) is 2.42. The summed E-state index contributed by atoms with van der Waals surface area (Å²) in [4.78, 5) is 4.16. The van der Waals surface area contributed by atoms with Gasteiger partial charge in [0.1, 0.15) is 11.5 Å². The first kappa shape index (κ1) is 13.7. The zero-order valence-corrected chi connectivity index (χ0v) is 11.2. The molecule has 0 aliphatic carbocycles. The van der Waals surface area contributed by atoms with E-state index in [1.807, 2.05) is 12.1 Å². The third kappa shape index (κ3) is 3.62.